The lowest BCUT2D eigenvalue weighted by Crippen LogP contribution is -2.39. The van der Waals surface area contributed by atoms with Crippen molar-refractivity contribution < 1.29 is 4.74 Å². The van der Waals surface area contributed by atoms with Crippen molar-refractivity contribution in [2.45, 2.75) is 45.6 Å². The molecular formula is C17H28BrNO. The number of nitrogens with one attached hydrogen (secondary N) is 1. The molecule has 0 aliphatic heterocycles. The number of ether oxygens (including phenoxy) is 1. The van der Waals surface area contributed by atoms with E-state index in [9.17, 15) is 0 Å². The van der Waals surface area contributed by atoms with E-state index in [1.165, 1.54) is 5.56 Å². The molecule has 3 heteroatoms. The maximum absolute atomic E-state index is 5.24. The quantitative estimate of drug-likeness (QED) is 0.782. The summed E-state index contributed by atoms with van der Waals surface area (Å²) in [7, 11) is 1.77. The van der Waals surface area contributed by atoms with Crippen molar-refractivity contribution in [1.82, 2.24) is 5.32 Å². The summed E-state index contributed by atoms with van der Waals surface area (Å²) in [6.45, 7) is 10.8. The van der Waals surface area contributed by atoms with E-state index in [2.05, 4.69) is 73.2 Å². The zero-order valence-electron chi connectivity index (χ0n) is 13.4. The molecule has 1 N–H and O–H groups in total. The molecule has 2 nitrogen and oxygen atoms in total. The first-order chi connectivity index (χ1) is 9.33. The van der Waals surface area contributed by atoms with Crippen LogP contribution in [0.5, 0.6) is 0 Å². The van der Waals surface area contributed by atoms with Crippen molar-refractivity contribution in [3.05, 3.63) is 34.3 Å². The van der Waals surface area contributed by atoms with E-state index in [4.69, 9.17) is 4.74 Å². The second kappa shape index (κ2) is 8.16. The molecule has 0 aromatic heterocycles. The van der Waals surface area contributed by atoms with Gasteiger partial charge in [0.15, 0.2) is 0 Å². The molecule has 0 heterocycles. The van der Waals surface area contributed by atoms with Gasteiger partial charge in [-0.25, -0.2) is 0 Å². The molecule has 2 unspecified atom stereocenters. The Hall–Kier alpha value is -0.380. The van der Waals surface area contributed by atoms with Crippen LogP contribution in [0.15, 0.2) is 28.7 Å². The second-order valence-electron chi connectivity index (χ2n) is 6.55. The molecule has 1 aromatic rings. The zero-order valence-corrected chi connectivity index (χ0v) is 15.0. The predicted octanol–water partition coefficient (Wildman–Crippen LogP) is 4.59. The smallest absolute Gasteiger partial charge is 0.0465 e. The van der Waals surface area contributed by atoms with Crippen LogP contribution in [-0.2, 0) is 4.74 Å². The van der Waals surface area contributed by atoms with E-state index in [1.54, 1.807) is 7.11 Å². The minimum absolute atomic E-state index is 0.144. The van der Waals surface area contributed by atoms with Crippen molar-refractivity contribution in [2.24, 2.45) is 5.92 Å². The Morgan fingerprint density at radius 1 is 1.30 bits per heavy atom. The van der Waals surface area contributed by atoms with Gasteiger partial charge in [0.2, 0.25) is 0 Å². The lowest BCUT2D eigenvalue weighted by molar-refractivity contribution is 0.172. The first kappa shape index (κ1) is 17.7. The van der Waals surface area contributed by atoms with Gasteiger partial charge in [0.25, 0.3) is 0 Å². The Bertz CT molecular complexity index is 400. The molecule has 0 aliphatic carbocycles. The Morgan fingerprint density at radius 2 is 2.00 bits per heavy atom. The highest BCUT2D eigenvalue weighted by atomic mass is 79.9. The average Bonchev–Trinajstić information content (AvgIpc) is 2.35. The molecule has 0 bridgehead atoms. The van der Waals surface area contributed by atoms with Crippen LogP contribution in [0.3, 0.4) is 0 Å². The van der Waals surface area contributed by atoms with Crippen LogP contribution in [0.2, 0.25) is 0 Å². The van der Waals surface area contributed by atoms with Crippen LogP contribution in [0.4, 0.5) is 0 Å². The highest BCUT2D eigenvalue weighted by Crippen LogP contribution is 2.29. The fraction of sp³-hybridized carbons (Fsp3) is 0.647. The maximum atomic E-state index is 5.24. The minimum Gasteiger partial charge on any atom is -0.385 e. The fourth-order valence-electron chi connectivity index (χ4n) is 2.31. The number of rotatable bonds is 7. The van der Waals surface area contributed by atoms with Gasteiger partial charge in [-0.1, -0.05) is 35.0 Å². The molecule has 0 aliphatic rings. The lowest BCUT2D eigenvalue weighted by atomic mass is 9.84. The van der Waals surface area contributed by atoms with Gasteiger partial charge in [-0.15, -0.1) is 0 Å². The summed E-state index contributed by atoms with van der Waals surface area (Å²) >= 11 is 3.58. The van der Waals surface area contributed by atoms with E-state index in [-0.39, 0.29) is 5.54 Å². The minimum atomic E-state index is 0.144. The van der Waals surface area contributed by atoms with Crippen LogP contribution >= 0.6 is 15.9 Å². The van der Waals surface area contributed by atoms with Crippen molar-refractivity contribution in [3.63, 3.8) is 0 Å². The standard InChI is InChI=1S/C17H28BrNO/c1-13(9-10-20-5)16(12-19-17(2,3)4)14-7-6-8-15(18)11-14/h6-8,11,13,16,19H,9-10,12H2,1-5H3. The number of benzene rings is 1. The third-order valence-electron chi connectivity index (χ3n) is 3.59. The molecule has 114 valence electrons. The number of halogens is 1. The van der Waals surface area contributed by atoms with Gasteiger partial charge in [-0.05, 0) is 56.7 Å². The van der Waals surface area contributed by atoms with Crippen LogP contribution in [0.25, 0.3) is 0 Å². The first-order valence-electron chi connectivity index (χ1n) is 7.33. The van der Waals surface area contributed by atoms with Gasteiger partial charge in [-0.3, -0.25) is 0 Å². The summed E-state index contributed by atoms with van der Waals surface area (Å²) in [5.41, 5.74) is 1.53. The normalized spacial score (nSPS) is 15.1. The Balaban J connectivity index is 2.83. The molecule has 0 amide bonds. The molecule has 0 fully saturated rings. The Labute approximate surface area is 132 Å². The highest BCUT2D eigenvalue weighted by molar-refractivity contribution is 9.10. The largest absolute Gasteiger partial charge is 0.385 e. The van der Waals surface area contributed by atoms with Crippen molar-refractivity contribution in [2.75, 3.05) is 20.3 Å². The highest BCUT2D eigenvalue weighted by Gasteiger charge is 2.21. The molecule has 0 spiro atoms. The molecule has 0 saturated heterocycles. The van der Waals surface area contributed by atoms with E-state index < -0.39 is 0 Å². The first-order valence-corrected chi connectivity index (χ1v) is 8.12. The van der Waals surface area contributed by atoms with Crippen LogP contribution in [0, 0.1) is 5.92 Å². The summed E-state index contributed by atoms with van der Waals surface area (Å²) in [6, 6.07) is 8.66. The SMILES string of the molecule is COCCC(C)C(CNC(C)(C)C)c1cccc(Br)c1. The van der Waals surface area contributed by atoms with Crippen molar-refractivity contribution in [1.29, 1.82) is 0 Å². The third kappa shape index (κ3) is 6.38. The topological polar surface area (TPSA) is 21.3 Å². The summed E-state index contributed by atoms with van der Waals surface area (Å²) in [5.74, 6) is 1.08. The maximum Gasteiger partial charge on any atom is 0.0465 e. The van der Waals surface area contributed by atoms with E-state index in [1.807, 2.05) is 0 Å². The predicted molar refractivity (Wildman–Crippen MR) is 90.3 cm³/mol. The van der Waals surface area contributed by atoms with Gasteiger partial charge in [0, 0.05) is 30.3 Å². The molecule has 0 saturated carbocycles. The van der Waals surface area contributed by atoms with Crippen molar-refractivity contribution in [3.8, 4) is 0 Å². The number of methoxy groups -OCH3 is 1. The van der Waals surface area contributed by atoms with Gasteiger partial charge in [0.1, 0.15) is 0 Å². The summed E-state index contributed by atoms with van der Waals surface area (Å²) in [5, 5.41) is 3.64. The lowest BCUT2D eigenvalue weighted by Gasteiger charge is -2.29. The Kier molecular flexibility index (Phi) is 7.21. The molecular weight excluding hydrogens is 314 g/mol. The van der Waals surface area contributed by atoms with Crippen LogP contribution < -0.4 is 5.32 Å². The Morgan fingerprint density at radius 3 is 2.55 bits per heavy atom. The fourth-order valence-corrected chi connectivity index (χ4v) is 2.72. The molecule has 2 atom stereocenters. The molecule has 0 radical (unpaired) electrons. The monoisotopic (exact) mass is 341 g/mol. The third-order valence-corrected chi connectivity index (χ3v) is 4.09. The van der Waals surface area contributed by atoms with Gasteiger partial charge in [-0.2, -0.15) is 0 Å². The summed E-state index contributed by atoms with van der Waals surface area (Å²) < 4.78 is 6.39. The summed E-state index contributed by atoms with van der Waals surface area (Å²) in [4.78, 5) is 0. The van der Waals surface area contributed by atoms with Gasteiger partial charge < -0.3 is 10.1 Å². The van der Waals surface area contributed by atoms with Crippen molar-refractivity contribution >= 4 is 15.9 Å². The average molecular weight is 342 g/mol. The van der Waals surface area contributed by atoms with E-state index >= 15 is 0 Å². The second-order valence-corrected chi connectivity index (χ2v) is 7.47. The van der Waals surface area contributed by atoms with Gasteiger partial charge >= 0.3 is 0 Å². The molecule has 1 rings (SSSR count). The molecule has 20 heavy (non-hydrogen) atoms. The zero-order chi connectivity index (χ0) is 15.2. The van der Waals surface area contributed by atoms with Crippen LogP contribution in [-0.4, -0.2) is 25.8 Å². The van der Waals surface area contributed by atoms with E-state index in [0.29, 0.717) is 11.8 Å². The molecule has 1 aromatic carbocycles. The van der Waals surface area contributed by atoms with Crippen LogP contribution in [0.1, 0.15) is 45.6 Å². The van der Waals surface area contributed by atoms with Gasteiger partial charge in [0.05, 0.1) is 0 Å². The summed E-state index contributed by atoms with van der Waals surface area (Å²) in [6.07, 6.45) is 1.08. The number of hydrogen-bond donors (Lipinski definition) is 1. The van der Waals surface area contributed by atoms with E-state index in [0.717, 1.165) is 24.0 Å². The number of hydrogen-bond acceptors (Lipinski definition) is 2.